The molecule has 0 aliphatic carbocycles. The van der Waals surface area contributed by atoms with E-state index in [0.717, 1.165) is 22.0 Å². The predicted molar refractivity (Wildman–Crippen MR) is 89.2 cm³/mol. The van der Waals surface area contributed by atoms with Crippen molar-refractivity contribution in [2.45, 2.75) is 6.54 Å². The Balaban J connectivity index is 1.53. The standard InChI is InChI=1S/C18H14N4O2/c23-17(20-10-12-6-2-1-3-7-12)18-21-16(22-24-18)14-11-19-15-9-5-4-8-13(14)15/h1-9,11,19H,10H2,(H,20,23). The van der Waals surface area contributed by atoms with Gasteiger partial charge in [-0.1, -0.05) is 53.7 Å². The van der Waals surface area contributed by atoms with Gasteiger partial charge in [0.05, 0.1) is 0 Å². The average molecular weight is 318 g/mol. The third-order valence-corrected chi connectivity index (χ3v) is 3.75. The molecule has 1 amide bonds. The van der Waals surface area contributed by atoms with E-state index < -0.39 is 5.91 Å². The number of para-hydroxylation sites is 1. The van der Waals surface area contributed by atoms with E-state index in [0.29, 0.717) is 12.4 Å². The fraction of sp³-hybridized carbons (Fsp3) is 0.0556. The summed E-state index contributed by atoms with van der Waals surface area (Å²) in [7, 11) is 0. The van der Waals surface area contributed by atoms with E-state index in [4.69, 9.17) is 4.52 Å². The Morgan fingerprint density at radius 3 is 2.75 bits per heavy atom. The highest BCUT2D eigenvalue weighted by Crippen LogP contribution is 2.26. The maximum Gasteiger partial charge on any atom is 0.316 e. The van der Waals surface area contributed by atoms with Crippen molar-refractivity contribution in [3.63, 3.8) is 0 Å². The normalized spacial score (nSPS) is 10.8. The monoisotopic (exact) mass is 318 g/mol. The molecule has 0 radical (unpaired) electrons. The van der Waals surface area contributed by atoms with Gasteiger partial charge >= 0.3 is 11.8 Å². The number of rotatable bonds is 4. The number of amides is 1. The number of carbonyl (C=O) groups is 1. The number of hydrogen-bond acceptors (Lipinski definition) is 4. The number of nitrogens with zero attached hydrogens (tertiary/aromatic N) is 2. The molecule has 2 N–H and O–H groups in total. The smallest absolute Gasteiger partial charge is 0.316 e. The summed E-state index contributed by atoms with van der Waals surface area (Å²) in [5.74, 6) is -0.0547. The van der Waals surface area contributed by atoms with Crippen LogP contribution in [0.5, 0.6) is 0 Å². The van der Waals surface area contributed by atoms with E-state index >= 15 is 0 Å². The van der Waals surface area contributed by atoms with Crippen molar-refractivity contribution in [2.24, 2.45) is 0 Å². The summed E-state index contributed by atoms with van der Waals surface area (Å²) in [6.07, 6.45) is 1.81. The second-order valence-electron chi connectivity index (χ2n) is 5.34. The van der Waals surface area contributed by atoms with Crippen LogP contribution in [-0.2, 0) is 6.54 Å². The van der Waals surface area contributed by atoms with Crippen LogP contribution in [0.3, 0.4) is 0 Å². The zero-order valence-corrected chi connectivity index (χ0v) is 12.7. The lowest BCUT2D eigenvalue weighted by Crippen LogP contribution is -2.23. The average Bonchev–Trinajstić information content (AvgIpc) is 3.27. The van der Waals surface area contributed by atoms with Crippen LogP contribution < -0.4 is 5.32 Å². The molecule has 6 heteroatoms. The minimum atomic E-state index is -0.391. The molecule has 0 aliphatic rings. The molecule has 118 valence electrons. The third-order valence-electron chi connectivity index (χ3n) is 3.75. The molecule has 0 saturated heterocycles. The van der Waals surface area contributed by atoms with Gasteiger partial charge in [0.1, 0.15) is 0 Å². The van der Waals surface area contributed by atoms with Crippen LogP contribution in [0.4, 0.5) is 0 Å². The first kappa shape index (κ1) is 14.2. The third kappa shape index (κ3) is 2.65. The highest BCUT2D eigenvalue weighted by molar-refractivity contribution is 5.94. The summed E-state index contributed by atoms with van der Waals surface area (Å²) in [5, 5.41) is 7.67. The molecule has 6 nitrogen and oxygen atoms in total. The molecule has 2 aromatic heterocycles. The van der Waals surface area contributed by atoms with Gasteiger partial charge in [-0.3, -0.25) is 4.79 Å². The van der Waals surface area contributed by atoms with Crippen LogP contribution in [0.15, 0.2) is 65.3 Å². The number of H-pyrrole nitrogens is 1. The molecule has 0 aliphatic heterocycles. The van der Waals surface area contributed by atoms with Crippen molar-refractivity contribution >= 4 is 16.8 Å². The first-order valence-electron chi connectivity index (χ1n) is 7.53. The fourth-order valence-electron chi connectivity index (χ4n) is 2.54. The molecule has 0 fully saturated rings. The van der Waals surface area contributed by atoms with E-state index in [1.165, 1.54) is 0 Å². The largest absolute Gasteiger partial charge is 0.360 e. The molecule has 4 aromatic rings. The van der Waals surface area contributed by atoms with Crippen molar-refractivity contribution < 1.29 is 9.32 Å². The number of hydrogen-bond donors (Lipinski definition) is 2. The summed E-state index contributed by atoms with van der Waals surface area (Å²) in [5.41, 5.74) is 2.78. The van der Waals surface area contributed by atoms with Gasteiger partial charge in [-0.15, -0.1) is 0 Å². The number of aromatic amines is 1. The molecule has 0 bridgehead atoms. The highest BCUT2D eigenvalue weighted by atomic mass is 16.5. The second-order valence-corrected chi connectivity index (χ2v) is 5.34. The predicted octanol–water partition coefficient (Wildman–Crippen LogP) is 3.15. The Morgan fingerprint density at radius 1 is 1.08 bits per heavy atom. The quantitative estimate of drug-likeness (QED) is 0.605. The lowest BCUT2D eigenvalue weighted by Gasteiger charge is -2.01. The van der Waals surface area contributed by atoms with Crippen LogP contribution >= 0.6 is 0 Å². The molecular formula is C18H14N4O2. The van der Waals surface area contributed by atoms with Crippen molar-refractivity contribution in [1.82, 2.24) is 20.4 Å². The zero-order valence-electron chi connectivity index (χ0n) is 12.7. The lowest BCUT2D eigenvalue weighted by molar-refractivity contribution is 0.0907. The van der Waals surface area contributed by atoms with Crippen LogP contribution in [0.25, 0.3) is 22.3 Å². The van der Waals surface area contributed by atoms with Crippen molar-refractivity contribution in [1.29, 1.82) is 0 Å². The van der Waals surface area contributed by atoms with Crippen LogP contribution in [-0.4, -0.2) is 21.0 Å². The molecule has 0 spiro atoms. The second kappa shape index (κ2) is 6.00. The Hall–Kier alpha value is -3.41. The van der Waals surface area contributed by atoms with Gasteiger partial charge in [0, 0.05) is 29.2 Å². The Kier molecular flexibility index (Phi) is 3.55. The van der Waals surface area contributed by atoms with Crippen molar-refractivity contribution in [3.8, 4) is 11.4 Å². The maximum absolute atomic E-state index is 12.1. The van der Waals surface area contributed by atoms with E-state index in [2.05, 4.69) is 20.4 Å². The Labute approximate surface area is 137 Å². The summed E-state index contributed by atoms with van der Waals surface area (Å²) in [6.45, 7) is 0.407. The molecule has 0 saturated carbocycles. The molecule has 2 heterocycles. The molecule has 4 rings (SSSR count). The molecular weight excluding hydrogens is 304 g/mol. The van der Waals surface area contributed by atoms with Gasteiger partial charge in [0.15, 0.2) is 0 Å². The maximum atomic E-state index is 12.1. The number of benzene rings is 2. The number of aromatic nitrogens is 3. The highest BCUT2D eigenvalue weighted by Gasteiger charge is 2.17. The minimum Gasteiger partial charge on any atom is -0.360 e. The number of nitrogens with one attached hydrogen (secondary N) is 2. The van der Waals surface area contributed by atoms with E-state index in [1.807, 2.05) is 54.6 Å². The first-order chi connectivity index (χ1) is 11.8. The number of carbonyl (C=O) groups excluding carboxylic acids is 1. The molecule has 24 heavy (non-hydrogen) atoms. The summed E-state index contributed by atoms with van der Waals surface area (Å²) in [4.78, 5) is 19.5. The fourth-order valence-corrected chi connectivity index (χ4v) is 2.54. The van der Waals surface area contributed by atoms with Crippen LogP contribution in [0.2, 0.25) is 0 Å². The summed E-state index contributed by atoms with van der Waals surface area (Å²) in [6, 6.07) is 17.5. The van der Waals surface area contributed by atoms with Gasteiger partial charge in [-0.05, 0) is 11.6 Å². The van der Waals surface area contributed by atoms with Gasteiger partial charge in [0.2, 0.25) is 5.82 Å². The minimum absolute atomic E-state index is 0.0498. The van der Waals surface area contributed by atoms with Gasteiger partial charge in [-0.2, -0.15) is 4.98 Å². The number of fused-ring (bicyclic) bond motifs is 1. The Bertz CT molecular complexity index is 988. The van der Waals surface area contributed by atoms with Crippen molar-refractivity contribution in [2.75, 3.05) is 0 Å². The van der Waals surface area contributed by atoms with Crippen molar-refractivity contribution in [3.05, 3.63) is 72.2 Å². The van der Waals surface area contributed by atoms with Crippen LogP contribution in [0, 0.1) is 0 Å². The van der Waals surface area contributed by atoms with E-state index in [-0.39, 0.29) is 5.89 Å². The van der Waals surface area contributed by atoms with E-state index in [1.54, 1.807) is 6.20 Å². The summed E-state index contributed by atoms with van der Waals surface area (Å²) >= 11 is 0. The van der Waals surface area contributed by atoms with Crippen LogP contribution in [0.1, 0.15) is 16.2 Å². The SMILES string of the molecule is O=C(NCc1ccccc1)c1nc(-c2c[nH]c3ccccc23)no1. The molecule has 2 aromatic carbocycles. The van der Waals surface area contributed by atoms with Gasteiger partial charge < -0.3 is 14.8 Å². The zero-order chi connectivity index (χ0) is 16.4. The topological polar surface area (TPSA) is 83.8 Å². The molecule has 0 unspecified atom stereocenters. The van der Waals surface area contributed by atoms with Gasteiger partial charge in [0.25, 0.3) is 0 Å². The first-order valence-corrected chi connectivity index (χ1v) is 7.53. The van der Waals surface area contributed by atoms with E-state index in [9.17, 15) is 4.79 Å². The summed E-state index contributed by atoms with van der Waals surface area (Å²) < 4.78 is 5.10. The lowest BCUT2D eigenvalue weighted by atomic mass is 10.2. The van der Waals surface area contributed by atoms with Gasteiger partial charge in [-0.25, -0.2) is 0 Å². The molecule has 0 atom stereocenters. The Morgan fingerprint density at radius 2 is 1.88 bits per heavy atom.